The van der Waals surface area contributed by atoms with Crippen LogP contribution in [0, 0.1) is 6.92 Å². The van der Waals surface area contributed by atoms with Crippen molar-refractivity contribution in [1.29, 1.82) is 0 Å². The lowest BCUT2D eigenvalue weighted by atomic mass is 10.1. The number of nitrogens with zero attached hydrogens (tertiary/aromatic N) is 2. The monoisotopic (exact) mass is 362 g/mol. The minimum absolute atomic E-state index is 0.801. The molecule has 0 unspecified atom stereocenters. The molecule has 3 rings (SSSR count). The summed E-state index contributed by atoms with van der Waals surface area (Å²) in [5.41, 5.74) is 5.35. The van der Waals surface area contributed by atoms with Crippen molar-refractivity contribution in [3.8, 4) is 0 Å². The maximum atomic E-state index is 5.26. The quantitative estimate of drug-likeness (QED) is 0.478. The molecule has 1 aromatic heterocycles. The van der Waals surface area contributed by atoms with E-state index in [0.29, 0.717) is 0 Å². The van der Waals surface area contributed by atoms with E-state index < -0.39 is 0 Å². The van der Waals surface area contributed by atoms with E-state index in [9.17, 15) is 0 Å². The normalized spacial score (nSPS) is 11.2. The van der Waals surface area contributed by atoms with E-state index in [0.717, 1.165) is 39.2 Å². The van der Waals surface area contributed by atoms with Gasteiger partial charge in [-0.15, -0.1) is 0 Å². The van der Waals surface area contributed by atoms with Crippen LogP contribution >= 0.6 is 0 Å². The zero-order valence-electron chi connectivity index (χ0n) is 16.5. The van der Waals surface area contributed by atoms with Crippen molar-refractivity contribution in [3.05, 3.63) is 95.3 Å². The van der Waals surface area contributed by atoms with Crippen LogP contribution in [0.4, 0.5) is 0 Å². The van der Waals surface area contributed by atoms with Gasteiger partial charge in [-0.3, -0.25) is 4.90 Å². The maximum Gasteiger partial charge on any atom is 0.0474 e. The Kier molecular flexibility index (Phi) is 7.26. The van der Waals surface area contributed by atoms with E-state index >= 15 is 0 Å². The van der Waals surface area contributed by atoms with Gasteiger partial charge in [0, 0.05) is 51.8 Å². The second kappa shape index (κ2) is 10.1. The van der Waals surface area contributed by atoms with Gasteiger partial charge in [-0.2, -0.15) is 0 Å². The number of ether oxygens (including phenoxy) is 1. The Morgan fingerprint density at radius 2 is 1.63 bits per heavy atom. The van der Waals surface area contributed by atoms with Gasteiger partial charge < -0.3 is 9.30 Å². The van der Waals surface area contributed by atoms with Crippen molar-refractivity contribution in [2.45, 2.75) is 33.0 Å². The first-order chi connectivity index (χ1) is 13.2. The van der Waals surface area contributed by atoms with Crippen molar-refractivity contribution >= 4 is 0 Å². The van der Waals surface area contributed by atoms with Crippen LogP contribution in [0.1, 0.15) is 28.8 Å². The molecule has 0 bridgehead atoms. The molecule has 3 nitrogen and oxygen atoms in total. The highest BCUT2D eigenvalue weighted by Crippen LogP contribution is 2.14. The third-order valence-corrected chi connectivity index (χ3v) is 4.85. The molecule has 0 fully saturated rings. The predicted molar refractivity (Wildman–Crippen MR) is 112 cm³/mol. The Balaban J connectivity index is 1.69. The highest BCUT2D eigenvalue weighted by Gasteiger charge is 2.10. The smallest absolute Gasteiger partial charge is 0.0474 e. The van der Waals surface area contributed by atoms with Crippen molar-refractivity contribution in [1.82, 2.24) is 9.47 Å². The molecule has 0 spiro atoms. The molecule has 0 saturated carbocycles. The molecule has 0 radical (unpaired) electrons. The predicted octanol–water partition coefficient (Wildman–Crippen LogP) is 4.88. The number of aromatic nitrogens is 1. The van der Waals surface area contributed by atoms with Crippen LogP contribution in [-0.4, -0.2) is 29.7 Å². The van der Waals surface area contributed by atoms with Gasteiger partial charge in [0.1, 0.15) is 0 Å². The SMILES string of the molecule is COCCCN(Cc1ccc(C)cc1)Cc1cccn1Cc1ccccc1. The van der Waals surface area contributed by atoms with Crippen LogP contribution < -0.4 is 0 Å². The first kappa shape index (κ1) is 19.4. The van der Waals surface area contributed by atoms with E-state index in [1.807, 2.05) is 0 Å². The average Bonchev–Trinajstić information content (AvgIpc) is 3.11. The molecule has 1 heterocycles. The fourth-order valence-electron chi connectivity index (χ4n) is 3.35. The van der Waals surface area contributed by atoms with Gasteiger partial charge in [-0.05, 0) is 36.6 Å². The second-order valence-electron chi connectivity index (χ2n) is 7.16. The van der Waals surface area contributed by atoms with Gasteiger partial charge in [0.25, 0.3) is 0 Å². The standard InChI is InChI=1S/C24H30N2O/c1-21-11-13-23(14-12-21)18-25(15-7-17-27-2)20-24-10-6-16-26(24)19-22-8-4-3-5-9-22/h3-6,8-14,16H,7,15,17-20H2,1-2H3. The lowest BCUT2D eigenvalue weighted by molar-refractivity contribution is 0.165. The Hall–Kier alpha value is -2.36. The number of rotatable bonds is 10. The van der Waals surface area contributed by atoms with Crippen LogP contribution in [0.25, 0.3) is 0 Å². The van der Waals surface area contributed by atoms with Gasteiger partial charge in [0.05, 0.1) is 0 Å². The third-order valence-electron chi connectivity index (χ3n) is 4.85. The summed E-state index contributed by atoms with van der Waals surface area (Å²) in [5.74, 6) is 0. The Labute approximate surface area is 163 Å². The maximum absolute atomic E-state index is 5.26. The Morgan fingerprint density at radius 3 is 2.37 bits per heavy atom. The lowest BCUT2D eigenvalue weighted by Gasteiger charge is -2.23. The van der Waals surface area contributed by atoms with E-state index in [4.69, 9.17) is 4.74 Å². The fraction of sp³-hybridized carbons (Fsp3) is 0.333. The molecule has 2 aromatic carbocycles. The van der Waals surface area contributed by atoms with Crippen molar-refractivity contribution in [3.63, 3.8) is 0 Å². The highest BCUT2D eigenvalue weighted by molar-refractivity contribution is 5.22. The number of hydrogen-bond acceptors (Lipinski definition) is 2. The minimum atomic E-state index is 0.801. The minimum Gasteiger partial charge on any atom is -0.385 e. The summed E-state index contributed by atoms with van der Waals surface area (Å²) >= 11 is 0. The molecule has 0 saturated heterocycles. The second-order valence-corrected chi connectivity index (χ2v) is 7.16. The largest absolute Gasteiger partial charge is 0.385 e. The summed E-state index contributed by atoms with van der Waals surface area (Å²) in [6.45, 7) is 6.78. The van der Waals surface area contributed by atoms with Crippen molar-refractivity contribution in [2.75, 3.05) is 20.3 Å². The number of benzene rings is 2. The van der Waals surface area contributed by atoms with Crippen LogP contribution in [0.5, 0.6) is 0 Å². The van der Waals surface area contributed by atoms with Crippen LogP contribution in [0.15, 0.2) is 72.9 Å². The van der Waals surface area contributed by atoms with Crippen LogP contribution in [0.2, 0.25) is 0 Å². The molecule has 0 N–H and O–H groups in total. The first-order valence-electron chi connectivity index (χ1n) is 9.69. The zero-order valence-corrected chi connectivity index (χ0v) is 16.5. The molecule has 3 heteroatoms. The summed E-state index contributed by atoms with van der Waals surface area (Å²) in [4.78, 5) is 2.51. The summed E-state index contributed by atoms with van der Waals surface area (Å²) in [6, 6.07) is 23.9. The van der Waals surface area contributed by atoms with Gasteiger partial charge >= 0.3 is 0 Å². The van der Waals surface area contributed by atoms with Crippen molar-refractivity contribution in [2.24, 2.45) is 0 Å². The summed E-state index contributed by atoms with van der Waals surface area (Å²) < 4.78 is 7.62. The van der Waals surface area contributed by atoms with Gasteiger partial charge in [-0.1, -0.05) is 60.2 Å². The van der Waals surface area contributed by atoms with Crippen molar-refractivity contribution < 1.29 is 4.74 Å². The molecule has 142 valence electrons. The molecule has 0 aliphatic rings. The van der Waals surface area contributed by atoms with Gasteiger partial charge in [0.2, 0.25) is 0 Å². The molecule has 0 amide bonds. The summed E-state index contributed by atoms with van der Waals surface area (Å²) in [5, 5.41) is 0. The number of methoxy groups -OCH3 is 1. The number of aryl methyl sites for hydroxylation is 1. The lowest BCUT2D eigenvalue weighted by Crippen LogP contribution is -2.26. The number of hydrogen-bond donors (Lipinski definition) is 0. The molecular weight excluding hydrogens is 332 g/mol. The topological polar surface area (TPSA) is 17.4 Å². The van der Waals surface area contributed by atoms with E-state index in [1.165, 1.54) is 22.4 Å². The molecule has 0 aliphatic carbocycles. The third kappa shape index (κ3) is 6.09. The Bertz CT molecular complexity index is 793. The summed E-state index contributed by atoms with van der Waals surface area (Å²) in [6.07, 6.45) is 3.23. The van der Waals surface area contributed by atoms with Gasteiger partial charge in [0.15, 0.2) is 0 Å². The van der Waals surface area contributed by atoms with E-state index in [1.54, 1.807) is 7.11 Å². The molecule has 3 aromatic rings. The van der Waals surface area contributed by atoms with Crippen LogP contribution in [-0.2, 0) is 24.4 Å². The fourth-order valence-corrected chi connectivity index (χ4v) is 3.35. The zero-order chi connectivity index (χ0) is 18.9. The molecule has 0 atom stereocenters. The highest BCUT2D eigenvalue weighted by atomic mass is 16.5. The Morgan fingerprint density at radius 1 is 0.852 bits per heavy atom. The van der Waals surface area contributed by atoms with Gasteiger partial charge in [-0.25, -0.2) is 0 Å². The van der Waals surface area contributed by atoms with E-state index in [-0.39, 0.29) is 0 Å². The van der Waals surface area contributed by atoms with Crippen LogP contribution in [0.3, 0.4) is 0 Å². The first-order valence-corrected chi connectivity index (χ1v) is 9.69. The molecule has 0 aliphatic heterocycles. The summed E-state index contributed by atoms with van der Waals surface area (Å²) in [7, 11) is 1.77. The average molecular weight is 363 g/mol. The molecule has 27 heavy (non-hydrogen) atoms. The molecular formula is C24H30N2O. The van der Waals surface area contributed by atoms with E-state index in [2.05, 4.69) is 89.3 Å².